The fourth-order valence-electron chi connectivity index (χ4n) is 7.17. The molecule has 2 aliphatic heterocycles. The second-order valence-electron chi connectivity index (χ2n) is 15.0. The SMILES string of the molecule is CC(C)[Si]1(C(C)C)OCC2OC(n3cnc4c(NC(=O)c5ccccc5)ncnc43)[C@H](OCOCCOCCNC(=O)C(F)(F)F)[C@@H]2O[Si](C(C)C)(C(C)C)O1. The molecule has 0 aliphatic carbocycles. The number of imidazole rings is 1. The zero-order valence-corrected chi connectivity index (χ0v) is 35.0. The summed E-state index contributed by atoms with van der Waals surface area (Å²) in [5.41, 5.74) is 1.46. The van der Waals surface area contributed by atoms with Crippen LogP contribution < -0.4 is 10.6 Å². The van der Waals surface area contributed by atoms with E-state index in [-0.39, 0.29) is 73.7 Å². The Morgan fingerprint density at radius 1 is 0.911 bits per heavy atom. The maximum Gasteiger partial charge on any atom is 0.471 e. The van der Waals surface area contributed by atoms with E-state index in [1.807, 2.05) is 6.07 Å². The quantitative estimate of drug-likeness (QED) is 0.0987. The third kappa shape index (κ3) is 9.50. The van der Waals surface area contributed by atoms with Crippen LogP contribution in [0.2, 0.25) is 22.2 Å². The normalized spacial score (nSPS) is 22.4. The minimum Gasteiger partial charge on any atom is -0.414 e. The van der Waals surface area contributed by atoms with Gasteiger partial charge in [0.1, 0.15) is 31.4 Å². The number of hydrogen-bond acceptors (Lipinski definition) is 12. The lowest BCUT2D eigenvalue weighted by Crippen LogP contribution is -2.66. The van der Waals surface area contributed by atoms with E-state index in [9.17, 15) is 22.8 Å². The minimum atomic E-state index is -4.96. The number of nitrogens with zero attached hydrogens (tertiary/aromatic N) is 4. The molecule has 2 unspecified atom stereocenters. The van der Waals surface area contributed by atoms with Crippen molar-refractivity contribution in [3.63, 3.8) is 0 Å². The number of carbonyl (C=O) groups is 2. The third-order valence-electron chi connectivity index (χ3n) is 10.0. The van der Waals surface area contributed by atoms with Crippen LogP contribution in [0.15, 0.2) is 43.0 Å². The number of halogens is 3. The number of ether oxygens (including phenoxy) is 4. The van der Waals surface area contributed by atoms with Crippen molar-refractivity contribution in [1.29, 1.82) is 0 Å². The van der Waals surface area contributed by atoms with Crippen molar-refractivity contribution in [2.45, 2.75) is 108 Å². The Morgan fingerprint density at radius 2 is 1.57 bits per heavy atom. The zero-order chi connectivity index (χ0) is 40.8. The highest BCUT2D eigenvalue weighted by atomic mass is 28.5. The summed E-state index contributed by atoms with van der Waals surface area (Å²) in [5, 5.41) is 4.59. The van der Waals surface area contributed by atoms with Crippen molar-refractivity contribution in [3.05, 3.63) is 48.5 Å². The molecule has 2 aromatic heterocycles. The van der Waals surface area contributed by atoms with Gasteiger partial charge in [0.05, 0.1) is 32.8 Å². The predicted molar refractivity (Wildman–Crippen MR) is 203 cm³/mol. The largest absolute Gasteiger partial charge is 0.471 e. The van der Waals surface area contributed by atoms with Crippen LogP contribution in [0.5, 0.6) is 0 Å². The molecule has 2 aliphatic rings. The number of aromatic nitrogens is 4. The van der Waals surface area contributed by atoms with Crippen LogP contribution in [-0.4, -0.2) is 113 Å². The number of alkyl halides is 3. The van der Waals surface area contributed by atoms with Crippen molar-refractivity contribution in [1.82, 2.24) is 24.8 Å². The first-order valence-corrected chi connectivity index (χ1v) is 22.8. The maximum atomic E-state index is 13.1. The second kappa shape index (κ2) is 18.5. The summed E-state index contributed by atoms with van der Waals surface area (Å²) in [6.07, 6.45) is -4.97. The lowest BCUT2D eigenvalue weighted by Gasteiger charge is -2.51. The van der Waals surface area contributed by atoms with Crippen molar-refractivity contribution >= 4 is 45.9 Å². The Morgan fingerprint density at radius 3 is 2.21 bits per heavy atom. The van der Waals surface area contributed by atoms with Gasteiger partial charge in [-0.25, -0.2) is 15.0 Å². The summed E-state index contributed by atoms with van der Waals surface area (Å²) in [7, 11) is -6.01. The fourth-order valence-corrected chi connectivity index (χ4v) is 18.4. The second-order valence-corrected chi connectivity index (χ2v) is 23.9. The Bertz CT molecular complexity index is 1750. The van der Waals surface area contributed by atoms with Gasteiger partial charge in [-0.2, -0.15) is 13.2 Å². The number of anilines is 1. The lowest BCUT2D eigenvalue weighted by molar-refractivity contribution is -0.173. The molecule has 2 fully saturated rings. The average Bonchev–Trinajstić information content (AvgIpc) is 3.71. The van der Waals surface area contributed by atoms with Crippen LogP contribution in [0.4, 0.5) is 19.0 Å². The number of fused-ring (bicyclic) bond motifs is 2. The van der Waals surface area contributed by atoms with E-state index in [0.717, 1.165) is 0 Å². The van der Waals surface area contributed by atoms with Gasteiger partial charge in [-0.1, -0.05) is 73.6 Å². The number of benzene rings is 1. The topological polar surface area (TPSA) is 166 Å². The van der Waals surface area contributed by atoms with Crippen LogP contribution in [0.25, 0.3) is 11.2 Å². The molecular formula is C36H53F3N6O9Si2. The molecule has 1 aromatic carbocycles. The highest BCUT2D eigenvalue weighted by Crippen LogP contribution is 2.49. The van der Waals surface area contributed by atoms with Gasteiger partial charge in [0.25, 0.3) is 5.91 Å². The molecule has 0 radical (unpaired) electrons. The van der Waals surface area contributed by atoms with Gasteiger partial charge in [0.15, 0.2) is 23.2 Å². The van der Waals surface area contributed by atoms with Crippen molar-refractivity contribution in [2.75, 3.05) is 45.1 Å². The fraction of sp³-hybridized carbons (Fsp3) is 0.639. The van der Waals surface area contributed by atoms with Crippen LogP contribution in [0, 0.1) is 0 Å². The van der Waals surface area contributed by atoms with Gasteiger partial charge in [0, 0.05) is 12.1 Å². The number of nitrogens with one attached hydrogen (secondary N) is 2. The van der Waals surface area contributed by atoms with Crippen molar-refractivity contribution in [3.8, 4) is 0 Å². The van der Waals surface area contributed by atoms with E-state index in [1.54, 1.807) is 40.5 Å². The van der Waals surface area contributed by atoms with E-state index < -0.39 is 53.7 Å². The van der Waals surface area contributed by atoms with E-state index >= 15 is 0 Å². The van der Waals surface area contributed by atoms with Gasteiger partial charge in [0.2, 0.25) is 0 Å². The molecule has 2 amide bonds. The minimum absolute atomic E-state index is 0.0286. The standard InChI is InChI=1S/C36H53F3N6O9Si2/c1-22(2)55(23(3)4)51-18-27-29(53-56(54-55,24(5)6)25(7)8)30(50-21-49-17-16-48-15-14-40-35(47)36(37,38)39)34(52-27)45-20-43-28-31(41-19-42-32(28)45)44-33(46)26-12-10-9-11-13-26/h9-13,19-20,22-25,27,29-30,34H,14-18,21H2,1-8H3,(H,40,47)(H,41,42,44,46)/t27?,29-,30-,34?/m1/s1. The molecule has 4 atom stereocenters. The number of carbonyl (C=O) groups excluding carboxylic acids is 2. The number of hydrogen-bond donors (Lipinski definition) is 2. The van der Waals surface area contributed by atoms with Crippen LogP contribution >= 0.6 is 0 Å². The smallest absolute Gasteiger partial charge is 0.414 e. The lowest BCUT2D eigenvalue weighted by atomic mass is 10.1. The summed E-state index contributed by atoms with van der Waals surface area (Å²) in [4.78, 5) is 37.5. The highest BCUT2D eigenvalue weighted by molar-refractivity contribution is 6.84. The maximum absolute atomic E-state index is 13.1. The first-order chi connectivity index (χ1) is 26.5. The summed E-state index contributed by atoms with van der Waals surface area (Å²) in [6, 6.07) is 8.74. The molecule has 4 heterocycles. The van der Waals surface area contributed by atoms with E-state index in [2.05, 4.69) is 75.7 Å². The average molecular weight is 827 g/mol. The number of amides is 2. The van der Waals surface area contributed by atoms with Crippen molar-refractivity contribution in [2.24, 2.45) is 0 Å². The monoisotopic (exact) mass is 826 g/mol. The van der Waals surface area contributed by atoms with E-state index in [4.69, 9.17) is 31.9 Å². The summed E-state index contributed by atoms with van der Waals surface area (Å²) in [5.74, 6) is -2.17. The molecule has 15 nitrogen and oxygen atoms in total. The van der Waals surface area contributed by atoms with E-state index in [1.165, 1.54) is 6.33 Å². The Labute approximate surface area is 326 Å². The van der Waals surface area contributed by atoms with Gasteiger partial charge in [-0.05, 0) is 34.3 Å². The molecule has 3 aromatic rings. The zero-order valence-electron chi connectivity index (χ0n) is 33.0. The summed E-state index contributed by atoms with van der Waals surface area (Å²) < 4.78 is 85.0. The Balaban J connectivity index is 1.41. The molecule has 310 valence electrons. The summed E-state index contributed by atoms with van der Waals surface area (Å²) >= 11 is 0. The highest BCUT2D eigenvalue weighted by Gasteiger charge is 2.62. The van der Waals surface area contributed by atoms with Gasteiger partial charge < -0.3 is 42.5 Å². The molecule has 0 spiro atoms. The van der Waals surface area contributed by atoms with Crippen LogP contribution in [0.3, 0.4) is 0 Å². The summed E-state index contributed by atoms with van der Waals surface area (Å²) in [6.45, 7) is 16.6. The Kier molecular flexibility index (Phi) is 14.5. The van der Waals surface area contributed by atoms with Gasteiger partial charge >= 0.3 is 29.2 Å². The molecular weight excluding hydrogens is 774 g/mol. The molecule has 5 rings (SSSR count). The van der Waals surface area contributed by atoms with Crippen molar-refractivity contribution < 1.29 is 54.7 Å². The molecule has 2 N–H and O–H groups in total. The molecule has 20 heteroatoms. The molecule has 0 bridgehead atoms. The van der Waals surface area contributed by atoms with Crippen LogP contribution in [-0.2, 0) is 36.7 Å². The van der Waals surface area contributed by atoms with E-state index in [0.29, 0.717) is 16.7 Å². The number of rotatable bonds is 16. The van der Waals surface area contributed by atoms with Gasteiger partial charge in [-0.15, -0.1) is 0 Å². The third-order valence-corrected chi connectivity index (χ3v) is 20.3. The molecule has 0 saturated carbocycles. The Hall–Kier alpha value is -3.35. The molecule has 2 saturated heterocycles. The predicted octanol–water partition coefficient (Wildman–Crippen LogP) is 5.99. The first-order valence-electron chi connectivity index (χ1n) is 18.8. The molecule has 56 heavy (non-hydrogen) atoms. The van der Waals surface area contributed by atoms with Crippen LogP contribution in [0.1, 0.15) is 72.0 Å². The first kappa shape index (κ1) is 43.8. The van der Waals surface area contributed by atoms with Gasteiger partial charge in [-0.3, -0.25) is 14.2 Å².